The SMILES string of the molecule is O=C1[N]C=CC=C1Nc1cccnc1. The fourth-order valence-electron chi connectivity index (χ4n) is 1.08. The van der Waals surface area contributed by atoms with Crippen LogP contribution in [-0.4, -0.2) is 10.9 Å². The Hall–Kier alpha value is -2.10. The second-order valence-electron chi connectivity index (χ2n) is 2.72. The zero-order chi connectivity index (χ0) is 9.80. The van der Waals surface area contributed by atoms with Crippen molar-refractivity contribution in [1.82, 2.24) is 10.3 Å². The molecule has 4 heteroatoms. The number of amides is 1. The minimum Gasteiger partial charge on any atom is -0.350 e. The van der Waals surface area contributed by atoms with Crippen LogP contribution in [0.4, 0.5) is 5.69 Å². The number of nitrogens with one attached hydrogen (secondary N) is 1. The second-order valence-corrected chi connectivity index (χ2v) is 2.72. The summed E-state index contributed by atoms with van der Waals surface area (Å²) in [6.45, 7) is 0. The van der Waals surface area contributed by atoms with E-state index in [0.29, 0.717) is 5.70 Å². The molecule has 1 aromatic heterocycles. The smallest absolute Gasteiger partial charge is 0.293 e. The van der Waals surface area contributed by atoms with Gasteiger partial charge in [-0.2, -0.15) is 0 Å². The van der Waals surface area contributed by atoms with Crippen molar-refractivity contribution >= 4 is 11.6 Å². The minimum atomic E-state index is -0.267. The molecule has 2 rings (SSSR count). The van der Waals surface area contributed by atoms with E-state index in [1.54, 1.807) is 30.6 Å². The molecule has 1 aromatic rings. The Bertz CT molecular complexity index is 395. The zero-order valence-corrected chi connectivity index (χ0v) is 7.34. The third-order valence-corrected chi connectivity index (χ3v) is 1.71. The maximum Gasteiger partial charge on any atom is 0.293 e. The van der Waals surface area contributed by atoms with E-state index < -0.39 is 0 Å². The predicted octanol–water partition coefficient (Wildman–Crippen LogP) is 1.04. The quantitative estimate of drug-likeness (QED) is 0.750. The number of carbonyl (C=O) groups excluding carboxylic acids is 1. The van der Waals surface area contributed by atoms with Crippen LogP contribution in [0.5, 0.6) is 0 Å². The molecule has 1 radical (unpaired) electrons. The molecule has 4 nitrogen and oxygen atoms in total. The standard InChI is InChI=1S/C10H8N3O/c14-10-9(4-2-6-12-10)13-8-3-1-5-11-7-8/h1-7,13H. The second kappa shape index (κ2) is 3.74. The van der Waals surface area contributed by atoms with Gasteiger partial charge in [0.25, 0.3) is 5.91 Å². The van der Waals surface area contributed by atoms with Gasteiger partial charge in [-0.3, -0.25) is 9.78 Å². The number of hydrogen-bond acceptors (Lipinski definition) is 3. The summed E-state index contributed by atoms with van der Waals surface area (Å²) in [6, 6.07) is 3.63. The summed E-state index contributed by atoms with van der Waals surface area (Å²) >= 11 is 0. The number of anilines is 1. The molecule has 0 saturated heterocycles. The van der Waals surface area contributed by atoms with Gasteiger partial charge >= 0.3 is 0 Å². The molecular formula is C10H8N3O. The summed E-state index contributed by atoms with van der Waals surface area (Å²) in [4.78, 5) is 15.2. The molecule has 1 N–H and O–H groups in total. The molecule has 14 heavy (non-hydrogen) atoms. The molecule has 0 atom stereocenters. The Labute approximate surface area is 81.4 Å². The van der Waals surface area contributed by atoms with Crippen molar-refractivity contribution in [2.75, 3.05) is 5.32 Å². The van der Waals surface area contributed by atoms with Crippen molar-refractivity contribution in [1.29, 1.82) is 0 Å². The van der Waals surface area contributed by atoms with Crippen molar-refractivity contribution in [3.63, 3.8) is 0 Å². The van der Waals surface area contributed by atoms with Crippen molar-refractivity contribution in [3.05, 3.63) is 48.6 Å². The summed E-state index contributed by atoms with van der Waals surface area (Å²) in [5.41, 5.74) is 1.23. The Balaban J connectivity index is 2.15. The van der Waals surface area contributed by atoms with Gasteiger partial charge in [0, 0.05) is 12.4 Å². The molecule has 0 unspecified atom stereocenters. The van der Waals surface area contributed by atoms with Gasteiger partial charge in [-0.15, -0.1) is 0 Å². The van der Waals surface area contributed by atoms with E-state index in [1.165, 1.54) is 6.20 Å². The minimum absolute atomic E-state index is 0.267. The number of hydrogen-bond donors (Lipinski definition) is 1. The first-order chi connectivity index (χ1) is 6.86. The first kappa shape index (κ1) is 8.50. The van der Waals surface area contributed by atoms with E-state index in [0.717, 1.165) is 5.69 Å². The fraction of sp³-hybridized carbons (Fsp3) is 0. The number of nitrogens with zero attached hydrogens (tertiary/aromatic N) is 2. The highest BCUT2D eigenvalue weighted by atomic mass is 16.2. The maximum absolute atomic E-state index is 11.2. The molecule has 2 heterocycles. The monoisotopic (exact) mass is 186 g/mol. The van der Waals surface area contributed by atoms with Crippen LogP contribution < -0.4 is 10.6 Å². The van der Waals surface area contributed by atoms with Crippen LogP contribution in [-0.2, 0) is 4.79 Å². The normalized spacial score (nSPS) is 14.6. The summed E-state index contributed by atoms with van der Waals surface area (Å²) in [6.07, 6.45) is 8.18. The van der Waals surface area contributed by atoms with Crippen molar-refractivity contribution < 1.29 is 4.79 Å². The number of aromatic nitrogens is 1. The highest BCUT2D eigenvalue weighted by Crippen LogP contribution is 2.09. The topological polar surface area (TPSA) is 56.1 Å². The fourth-order valence-corrected chi connectivity index (χ4v) is 1.08. The Morgan fingerprint density at radius 2 is 2.29 bits per heavy atom. The molecule has 1 aliphatic heterocycles. The summed E-state index contributed by atoms with van der Waals surface area (Å²) in [7, 11) is 0. The molecule has 1 amide bonds. The molecular weight excluding hydrogens is 178 g/mol. The molecule has 0 spiro atoms. The predicted molar refractivity (Wildman–Crippen MR) is 52.2 cm³/mol. The van der Waals surface area contributed by atoms with Gasteiger partial charge in [0.1, 0.15) is 5.70 Å². The lowest BCUT2D eigenvalue weighted by atomic mass is 10.3. The average molecular weight is 186 g/mol. The number of pyridine rings is 1. The van der Waals surface area contributed by atoms with Crippen LogP contribution >= 0.6 is 0 Å². The molecule has 69 valence electrons. The molecule has 0 fully saturated rings. The van der Waals surface area contributed by atoms with Gasteiger partial charge < -0.3 is 5.32 Å². The van der Waals surface area contributed by atoms with Gasteiger partial charge in [-0.1, -0.05) is 0 Å². The van der Waals surface area contributed by atoms with Crippen molar-refractivity contribution in [3.8, 4) is 0 Å². The number of rotatable bonds is 2. The zero-order valence-electron chi connectivity index (χ0n) is 7.34. The Morgan fingerprint density at radius 1 is 1.36 bits per heavy atom. The van der Waals surface area contributed by atoms with Gasteiger partial charge in [0.05, 0.1) is 11.9 Å². The van der Waals surface area contributed by atoms with Crippen LogP contribution in [0, 0.1) is 0 Å². The van der Waals surface area contributed by atoms with Crippen molar-refractivity contribution in [2.24, 2.45) is 0 Å². The van der Waals surface area contributed by atoms with E-state index in [-0.39, 0.29) is 5.91 Å². The van der Waals surface area contributed by atoms with Crippen LogP contribution in [0.25, 0.3) is 0 Å². The third kappa shape index (κ3) is 1.80. The largest absolute Gasteiger partial charge is 0.350 e. The first-order valence-electron chi connectivity index (χ1n) is 4.15. The van der Waals surface area contributed by atoms with Crippen LogP contribution in [0.2, 0.25) is 0 Å². The molecule has 0 saturated carbocycles. The summed E-state index contributed by atoms with van der Waals surface area (Å²) in [5, 5.41) is 6.57. The van der Waals surface area contributed by atoms with E-state index >= 15 is 0 Å². The highest BCUT2D eigenvalue weighted by Gasteiger charge is 2.11. The highest BCUT2D eigenvalue weighted by molar-refractivity contribution is 5.97. The Morgan fingerprint density at radius 3 is 3.00 bits per heavy atom. The van der Waals surface area contributed by atoms with Crippen LogP contribution in [0.15, 0.2) is 48.6 Å². The molecule has 0 aliphatic carbocycles. The van der Waals surface area contributed by atoms with Gasteiger partial charge in [-0.05, 0) is 24.3 Å². The lowest BCUT2D eigenvalue weighted by Crippen LogP contribution is -2.20. The first-order valence-corrected chi connectivity index (χ1v) is 4.15. The summed E-state index contributed by atoms with van der Waals surface area (Å²) in [5.74, 6) is -0.267. The molecule has 0 bridgehead atoms. The van der Waals surface area contributed by atoms with E-state index in [1.807, 2.05) is 6.07 Å². The van der Waals surface area contributed by atoms with Crippen LogP contribution in [0.3, 0.4) is 0 Å². The Kier molecular flexibility index (Phi) is 2.27. The molecule has 0 aromatic carbocycles. The summed E-state index contributed by atoms with van der Waals surface area (Å²) < 4.78 is 0. The van der Waals surface area contributed by atoms with E-state index in [4.69, 9.17) is 0 Å². The van der Waals surface area contributed by atoms with Gasteiger partial charge in [0.15, 0.2) is 0 Å². The molecule has 1 aliphatic rings. The maximum atomic E-state index is 11.2. The average Bonchev–Trinajstić information content (AvgIpc) is 2.23. The van der Waals surface area contributed by atoms with Crippen LogP contribution in [0.1, 0.15) is 0 Å². The third-order valence-electron chi connectivity index (χ3n) is 1.71. The lowest BCUT2D eigenvalue weighted by molar-refractivity contribution is -0.116. The lowest BCUT2D eigenvalue weighted by Gasteiger charge is -2.09. The van der Waals surface area contributed by atoms with E-state index in [9.17, 15) is 4.79 Å². The van der Waals surface area contributed by atoms with Gasteiger partial charge in [-0.25, -0.2) is 5.32 Å². The number of carbonyl (C=O) groups is 1. The number of allylic oxidation sites excluding steroid dienone is 2. The van der Waals surface area contributed by atoms with E-state index in [2.05, 4.69) is 15.6 Å². The van der Waals surface area contributed by atoms with Crippen molar-refractivity contribution in [2.45, 2.75) is 0 Å². The van der Waals surface area contributed by atoms with Gasteiger partial charge in [0.2, 0.25) is 0 Å².